The van der Waals surface area contributed by atoms with E-state index in [1.54, 1.807) is 0 Å². The Bertz CT molecular complexity index is 334. The van der Waals surface area contributed by atoms with Gasteiger partial charge in [0, 0.05) is 18.8 Å². The first kappa shape index (κ1) is 12.3. The first-order chi connectivity index (χ1) is 7.74. The van der Waals surface area contributed by atoms with Crippen molar-refractivity contribution in [2.75, 3.05) is 19.8 Å². The van der Waals surface area contributed by atoms with Crippen molar-refractivity contribution >= 4 is 22.6 Å². The van der Waals surface area contributed by atoms with Crippen LogP contribution < -0.4 is 5.32 Å². The summed E-state index contributed by atoms with van der Waals surface area (Å²) in [5.74, 6) is 0.906. The molecule has 1 aromatic heterocycles. The Hall–Kier alpha value is -0.110. The molecule has 1 aliphatic heterocycles. The first-order valence-corrected chi connectivity index (χ1v) is 6.50. The zero-order valence-corrected chi connectivity index (χ0v) is 11.2. The molecule has 0 bridgehead atoms. The maximum absolute atomic E-state index is 9.47. The second-order valence-corrected chi connectivity index (χ2v) is 5.17. The lowest BCUT2D eigenvalue weighted by Gasteiger charge is -2.36. The molecular formula is C11H16INO3. The van der Waals surface area contributed by atoms with Gasteiger partial charge in [0.25, 0.3) is 0 Å². The monoisotopic (exact) mass is 337 g/mol. The van der Waals surface area contributed by atoms with Crippen molar-refractivity contribution in [2.24, 2.45) is 0 Å². The molecule has 0 radical (unpaired) electrons. The molecule has 90 valence electrons. The van der Waals surface area contributed by atoms with Crippen molar-refractivity contribution in [1.82, 2.24) is 5.32 Å². The molecule has 0 atom stereocenters. The molecule has 0 unspecified atom stereocenters. The van der Waals surface area contributed by atoms with Crippen LogP contribution in [0.1, 0.15) is 18.6 Å². The molecule has 0 saturated carbocycles. The smallest absolute Gasteiger partial charge is 0.164 e. The normalized spacial score (nSPS) is 19.9. The Kier molecular flexibility index (Phi) is 4.23. The number of aliphatic hydroxyl groups excluding tert-OH is 1. The van der Waals surface area contributed by atoms with Crippen LogP contribution in [0.3, 0.4) is 0 Å². The van der Waals surface area contributed by atoms with Gasteiger partial charge in [-0.25, -0.2) is 0 Å². The molecule has 1 fully saturated rings. The standard InChI is InChI=1S/C11H16INO3/c12-10-2-1-9(16-10)7-13-11(8-14)3-5-15-6-4-11/h1-2,13-14H,3-8H2. The maximum Gasteiger partial charge on any atom is 0.164 e. The van der Waals surface area contributed by atoms with Crippen LogP contribution >= 0.6 is 22.6 Å². The predicted octanol–water partition coefficient (Wildman–Crippen LogP) is 1.52. The lowest BCUT2D eigenvalue weighted by Crippen LogP contribution is -2.51. The second-order valence-electron chi connectivity index (χ2n) is 4.11. The van der Waals surface area contributed by atoms with Crippen molar-refractivity contribution in [3.05, 3.63) is 21.7 Å². The van der Waals surface area contributed by atoms with Crippen LogP contribution in [0.5, 0.6) is 0 Å². The van der Waals surface area contributed by atoms with Crippen LogP contribution in [-0.2, 0) is 11.3 Å². The number of rotatable bonds is 4. The molecule has 2 N–H and O–H groups in total. The molecule has 2 rings (SSSR count). The molecule has 2 heterocycles. The third-order valence-electron chi connectivity index (χ3n) is 3.02. The van der Waals surface area contributed by atoms with E-state index in [1.165, 1.54) is 0 Å². The Morgan fingerprint density at radius 3 is 2.69 bits per heavy atom. The molecule has 1 saturated heterocycles. The van der Waals surface area contributed by atoms with E-state index in [1.807, 2.05) is 12.1 Å². The summed E-state index contributed by atoms with van der Waals surface area (Å²) in [6.07, 6.45) is 1.70. The number of aliphatic hydroxyl groups is 1. The number of hydrogen-bond acceptors (Lipinski definition) is 4. The molecule has 4 nitrogen and oxygen atoms in total. The van der Waals surface area contributed by atoms with Crippen molar-refractivity contribution < 1.29 is 14.3 Å². The highest BCUT2D eigenvalue weighted by Gasteiger charge is 2.31. The second kappa shape index (κ2) is 5.48. The largest absolute Gasteiger partial charge is 0.454 e. The molecule has 0 aliphatic carbocycles. The molecule has 0 amide bonds. The fourth-order valence-electron chi connectivity index (χ4n) is 1.87. The van der Waals surface area contributed by atoms with Gasteiger partial charge < -0.3 is 19.6 Å². The van der Waals surface area contributed by atoms with Crippen LogP contribution in [-0.4, -0.2) is 30.5 Å². The Labute approximate surface area is 108 Å². The highest BCUT2D eigenvalue weighted by Crippen LogP contribution is 2.21. The van der Waals surface area contributed by atoms with Gasteiger partial charge in [0.2, 0.25) is 0 Å². The van der Waals surface area contributed by atoms with Crippen molar-refractivity contribution in [3.8, 4) is 0 Å². The van der Waals surface area contributed by atoms with Crippen molar-refractivity contribution in [1.29, 1.82) is 0 Å². The quantitative estimate of drug-likeness (QED) is 0.818. The van der Waals surface area contributed by atoms with Crippen LogP contribution in [0.25, 0.3) is 0 Å². The van der Waals surface area contributed by atoms with E-state index >= 15 is 0 Å². The summed E-state index contributed by atoms with van der Waals surface area (Å²) in [4.78, 5) is 0. The van der Waals surface area contributed by atoms with Crippen molar-refractivity contribution in [3.63, 3.8) is 0 Å². The number of ether oxygens (including phenoxy) is 1. The lowest BCUT2D eigenvalue weighted by atomic mass is 9.91. The van der Waals surface area contributed by atoms with Crippen LogP contribution in [0.15, 0.2) is 16.5 Å². The minimum atomic E-state index is -0.198. The van der Waals surface area contributed by atoms with Gasteiger partial charge in [-0.15, -0.1) is 0 Å². The number of furan rings is 1. The Morgan fingerprint density at radius 1 is 1.38 bits per heavy atom. The third kappa shape index (κ3) is 2.97. The van der Waals surface area contributed by atoms with Gasteiger partial charge in [-0.2, -0.15) is 0 Å². The zero-order valence-electron chi connectivity index (χ0n) is 9.04. The van der Waals surface area contributed by atoms with Crippen LogP contribution in [0.2, 0.25) is 0 Å². The van der Waals surface area contributed by atoms with E-state index in [4.69, 9.17) is 9.15 Å². The molecule has 5 heteroatoms. The average Bonchev–Trinajstić information content (AvgIpc) is 2.74. The number of nitrogens with one attached hydrogen (secondary N) is 1. The van der Waals surface area contributed by atoms with E-state index < -0.39 is 0 Å². The van der Waals surface area contributed by atoms with Crippen LogP contribution in [0, 0.1) is 3.77 Å². The Morgan fingerprint density at radius 2 is 2.12 bits per heavy atom. The SMILES string of the molecule is OCC1(NCc2ccc(I)o2)CCOCC1. The summed E-state index contributed by atoms with van der Waals surface area (Å²) in [7, 11) is 0. The summed E-state index contributed by atoms with van der Waals surface area (Å²) in [5, 5.41) is 12.9. The van der Waals surface area contributed by atoms with Crippen LogP contribution in [0.4, 0.5) is 0 Å². The first-order valence-electron chi connectivity index (χ1n) is 5.42. The average molecular weight is 337 g/mol. The molecule has 1 aromatic rings. The summed E-state index contributed by atoms with van der Waals surface area (Å²) >= 11 is 2.14. The van der Waals surface area contributed by atoms with Gasteiger partial charge in [-0.3, -0.25) is 0 Å². The summed E-state index contributed by atoms with van der Waals surface area (Å²) < 4.78 is 11.7. The van der Waals surface area contributed by atoms with Crippen molar-refractivity contribution in [2.45, 2.75) is 24.9 Å². The summed E-state index contributed by atoms with van der Waals surface area (Å²) in [6, 6.07) is 3.90. The topological polar surface area (TPSA) is 54.6 Å². The summed E-state index contributed by atoms with van der Waals surface area (Å²) in [5.41, 5.74) is -0.198. The van der Waals surface area contributed by atoms with E-state index in [0.717, 1.165) is 22.4 Å². The van der Waals surface area contributed by atoms with Gasteiger partial charge in [0.15, 0.2) is 3.77 Å². The van der Waals surface area contributed by atoms with Gasteiger partial charge in [-0.1, -0.05) is 0 Å². The van der Waals surface area contributed by atoms with E-state index in [2.05, 4.69) is 27.9 Å². The highest BCUT2D eigenvalue weighted by molar-refractivity contribution is 14.1. The lowest BCUT2D eigenvalue weighted by molar-refractivity contribution is 0.0104. The summed E-state index contributed by atoms with van der Waals surface area (Å²) in [6.45, 7) is 2.23. The molecule has 1 aliphatic rings. The van der Waals surface area contributed by atoms with E-state index in [-0.39, 0.29) is 12.1 Å². The molecule has 16 heavy (non-hydrogen) atoms. The number of halogens is 1. The third-order valence-corrected chi connectivity index (χ3v) is 3.60. The fourth-order valence-corrected chi connectivity index (χ4v) is 2.34. The molecule has 0 aromatic carbocycles. The van der Waals surface area contributed by atoms with Gasteiger partial charge in [-0.05, 0) is 47.6 Å². The highest BCUT2D eigenvalue weighted by atomic mass is 127. The molecular weight excluding hydrogens is 321 g/mol. The minimum absolute atomic E-state index is 0.147. The van der Waals surface area contributed by atoms with E-state index in [0.29, 0.717) is 19.8 Å². The van der Waals surface area contributed by atoms with Gasteiger partial charge in [0.05, 0.1) is 13.2 Å². The zero-order chi connectivity index (χ0) is 11.4. The number of hydrogen-bond donors (Lipinski definition) is 2. The molecule has 0 spiro atoms. The predicted molar refractivity (Wildman–Crippen MR) is 68.1 cm³/mol. The van der Waals surface area contributed by atoms with Gasteiger partial charge >= 0.3 is 0 Å². The fraction of sp³-hybridized carbons (Fsp3) is 0.636. The van der Waals surface area contributed by atoms with E-state index in [9.17, 15) is 5.11 Å². The maximum atomic E-state index is 9.47. The minimum Gasteiger partial charge on any atom is -0.454 e. The van der Waals surface area contributed by atoms with Gasteiger partial charge in [0.1, 0.15) is 5.76 Å². The Balaban J connectivity index is 1.91.